The molecule has 0 saturated heterocycles. The van der Waals surface area contributed by atoms with Crippen LogP contribution in [0.5, 0.6) is 0 Å². The zero-order chi connectivity index (χ0) is 16.2. The molecular formula is C15H31IN4O3. The molecule has 1 saturated carbocycles. The largest absolute Gasteiger partial charge is 0.450 e. The fourth-order valence-electron chi connectivity index (χ4n) is 2.05. The fourth-order valence-corrected chi connectivity index (χ4v) is 2.05. The lowest BCUT2D eigenvalue weighted by molar-refractivity contribution is 0.147. The minimum Gasteiger partial charge on any atom is -0.450 e. The lowest BCUT2D eigenvalue weighted by Crippen LogP contribution is -2.42. The van der Waals surface area contributed by atoms with E-state index in [1.807, 2.05) is 13.8 Å². The van der Waals surface area contributed by atoms with Gasteiger partial charge in [-0.3, -0.25) is 4.99 Å². The van der Waals surface area contributed by atoms with Crippen molar-refractivity contribution in [2.24, 2.45) is 10.9 Å². The van der Waals surface area contributed by atoms with Crippen molar-refractivity contribution >= 4 is 36.0 Å². The summed E-state index contributed by atoms with van der Waals surface area (Å²) >= 11 is 0. The van der Waals surface area contributed by atoms with Crippen LogP contribution < -0.4 is 16.0 Å². The Balaban J connectivity index is 0.00000484. The van der Waals surface area contributed by atoms with Gasteiger partial charge in [-0.2, -0.15) is 0 Å². The van der Waals surface area contributed by atoms with Gasteiger partial charge in [0.15, 0.2) is 5.96 Å². The van der Waals surface area contributed by atoms with Crippen LogP contribution in [0.25, 0.3) is 0 Å². The van der Waals surface area contributed by atoms with Gasteiger partial charge in [0, 0.05) is 19.7 Å². The summed E-state index contributed by atoms with van der Waals surface area (Å²) in [5.74, 6) is 1.26. The Kier molecular flexibility index (Phi) is 13.2. The van der Waals surface area contributed by atoms with Crippen LogP contribution in [0.3, 0.4) is 0 Å². The number of aliphatic imine (C=N–C) groups is 1. The molecule has 23 heavy (non-hydrogen) atoms. The van der Waals surface area contributed by atoms with E-state index in [0.717, 1.165) is 25.3 Å². The number of amides is 1. The Labute approximate surface area is 156 Å². The van der Waals surface area contributed by atoms with E-state index in [1.54, 1.807) is 6.92 Å². The number of ether oxygens (including phenoxy) is 2. The highest BCUT2D eigenvalue weighted by molar-refractivity contribution is 14.0. The maximum absolute atomic E-state index is 11.6. The van der Waals surface area contributed by atoms with E-state index in [4.69, 9.17) is 9.47 Å². The Morgan fingerprint density at radius 1 is 1.22 bits per heavy atom. The quantitative estimate of drug-likeness (QED) is 0.208. The van der Waals surface area contributed by atoms with E-state index in [0.29, 0.717) is 38.8 Å². The van der Waals surface area contributed by atoms with Crippen molar-refractivity contribution in [2.75, 3.05) is 39.5 Å². The van der Waals surface area contributed by atoms with Gasteiger partial charge >= 0.3 is 6.09 Å². The van der Waals surface area contributed by atoms with Gasteiger partial charge < -0.3 is 25.4 Å². The summed E-state index contributed by atoms with van der Waals surface area (Å²) < 4.78 is 10.2. The number of hydrogen-bond donors (Lipinski definition) is 3. The molecule has 1 amide bonds. The van der Waals surface area contributed by atoms with Gasteiger partial charge in [-0.25, -0.2) is 4.79 Å². The smallest absolute Gasteiger partial charge is 0.407 e. The molecule has 7 nitrogen and oxygen atoms in total. The first-order valence-corrected chi connectivity index (χ1v) is 8.24. The molecule has 0 heterocycles. The highest BCUT2D eigenvalue weighted by Gasteiger charge is 2.32. The van der Waals surface area contributed by atoms with Gasteiger partial charge in [0.25, 0.3) is 0 Å². The van der Waals surface area contributed by atoms with E-state index < -0.39 is 0 Å². The molecule has 1 aliphatic carbocycles. The molecule has 0 radical (unpaired) electrons. The monoisotopic (exact) mass is 442 g/mol. The van der Waals surface area contributed by atoms with Gasteiger partial charge in [0.2, 0.25) is 0 Å². The SMILES string of the molecule is CCNC(=NCC(NC(=O)OCC)C1CC1)NCCOCC.I. The minimum absolute atomic E-state index is 0. The number of alkyl carbamates (subject to hydrolysis) is 1. The van der Waals surface area contributed by atoms with E-state index in [9.17, 15) is 4.79 Å². The Morgan fingerprint density at radius 2 is 1.96 bits per heavy atom. The van der Waals surface area contributed by atoms with Crippen molar-refractivity contribution in [2.45, 2.75) is 39.7 Å². The number of rotatable bonds is 10. The van der Waals surface area contributed by atoms with Crippen molar-refractivity contribution in [1.29, 1.82) is 0 Å². The van der Waals surface area contributed by atoms with Crippen molar-refractivity contribution in [3.05, 3.63) is 0 Å². The lowest BCUT2D eigenvalue weighted by Gasteiger charge is -2.17. The summed E-state index contributed by atoms with van der Waals surface area (Å²) in [6.07, 6.45) is 1.92. The summed E-state index contributed by atoms with van der Waals surface area (Å²) in [5, 5.41) is 9.32. The van der Waals surface area contributed by atoms with Crippen LogP contribution in [0.15, 0.2) is 4.99 Å². The maximum atomic E-state index is 11.6. The number of guanidine groups is 1. The molecule has 0 bridgehead atoms. The van der Waals surface area contributed by atoms with Crippen molar-refractivity contribution in [3.63, 3.8) is 0 Å². The van der Waals surface area contributed by atoms with Gasteiger partial charge in [0.1, 0.15) is 0 Å². The molecule has 0 aromatic rings. The third-order valence-corrected chi connectivity index (χ3v) is 3.30. The van der Waals surface area contributed by atoms with E-state index >= 15 is 0 Å². The second kappa shape index (κ2) is 13.6. The summed E-state index contributed by atoms with van der Waals surface area (Å²) in [6, 6.07) is 0.0430. The molecule has 136 valence electrons. The van der Waals surface area contributed by atoms with E-state index in [1.165, 1.54) is 0 Å². The first kappa shape index (κ1) is 22.2. The second-order valence-corrected chi connectivity index (χ2v) is 5.15. The molecule has 1 unspecified atom stereocenters. The molecule has 1 rings (SSSR count). The predicted octanol–water partition coefficient (Wildman–Crippen LogP) is 1.72. The number of carbonyl (C=O) groups excluding carboxylic acids is 1. The maximum Gasteiger partial charge on any atom is 0.407 e. The van der Waals surface area contributed by atoms with Gasteiger partial charge in [-0.1, -0.05) is 0 Å². The standard InChI is InChI=1S/C15H30N4O3.HI/c1-4-16-14(17-9-10-21-5-2)18-11-13(12-7-8-12)19-15(20)22-6-3;/h12-13H,4-11H2,1-3H3,(H,19,20)(H2,16,17,18);1H. The van der Waals surface area contributed by atoms with Crippen molar-refractivity contribution in [1.82, 2.24) is 16.0 Å². The van der Waals surface area contributed by atoms with Gasteiger partial charge in [-0.15, -0.1) is 24.0 Å². The second-order valence-electron chi connectivity index (χ2n) is 5.15. The van der Waals surface area contributed by atoms with Crippen molar-refractivity contribution < 1.29 is 14.3 Å². The number of halogens is 1. The molecule has 0 aromatic heterocycles. The zero-order valence-electron chi connectivity index (χ0n) is 14.4. The zero-order valence-corrected chi connectivity index (χ0v) is 16.7. The average molecular weight is 442 g/mol. The third-order valence-electron chi connectivity index (χ3n) is 3.30. The topological polar surface area (TPSA) is 84.0 Å². The summed E-state index contributed by atoms with van der Waals surface area (Å²) in [5.41, 5.74) is 0. The molecule has 0 aromatic carbocycles. The average Bonchev–Trinajstić information content (AvgIpc) is 3.32. The predicted molar refractivity (Wildman–Crippen MR) is 103 cm³/mol. The third kappa shape index (κ3) is 10.6. The molecule has 3 N–H and O–H groups in total. The first-order chi connectivity index (χ1) is 10.7. The Hall–Kier alpha value is -0.770. The normalized spacial score (nSPS) is 15.3. The Bertz CT molecular complexity index is 352. The number of carbonyl (C=O) groups is 1. The molecular weight excluding hydrogens is 411 g/mol. The number of hydrogen-bond acceptors (Lipinski definition) is 4. The van der Waals surface area contributed by atoms with E-state index in [2.05, 4.69) is 20.9 Å². The van der Waals surface area contributed by atoms with Crippen LogP contribution in [0, 0.1) is 5.92 Å². The summed E-state index contributed by atoms with van der Waals surface area (Å²) in [6.45, 7) is 9.59. The fraction of sp³-hybridized carbons (Fsp3) is 0.867. The molecule has 0 aliphatic heterocycles. The highest BCUT2D eigenvalue weighted by atomic mass is 127. The summed E-state index contributed by atoms with van der Waals surface area (Å²) in [7, 11) is 0. The van der Waals surface area contributed by atoms with Crippen LogP contribution in [0.4, 0.5) is 4.79 Å². The van der Waals surface area contributed by atoms with E-state index in [-0.39, 0.29) is 36.1 Å². The van der Waals surface area contributed by atoms with Crippen LogP contribution in [-0.4, -0.2) is 57.5 Å². The number of nitrogens with zero attached hydrogens (tertiary/aromatic N) is 1. The highest BCUT2D eigenvalue weighted by Crippen LogP contribution is 2.32. The van der Waals surface area contributed by atoms with Gasteiger partial charge in [-0.05, 0) is 39.5 Å². The minimum atomic E-state index is -0.357. The van der Waals surface area contributed by atoms with Crippen molar-refractivity contribution in [3.8, 4) is 0 Å². The Morgan fingerprint density at radius 3 is 2.52 bits per heavy atom. The van der Waals surface area contributed by atoms with Crippen LogP contribution in [0.1, 0.15) is 33.6 Å². The number of nitrogens with one attached hydrogen (secondary N) is 3. The molecule has 1 fully saturated rings. The molecule has 8 heteroatoms. The lowest BCUT2D eigenvalue weighted by atomic mass is 10.2. The first-order valence-electron chi connectivity index (χ1n) is 8.24. The van der Waals surface area contributed by atoms with Crippen LogP contribution in [0.2, 0.25) is 0 Å². The molecule has 1 aliphatic rings. The summed E-state index contributed by atoms with van der Waals surface area (Å²) in [4.78, 5) is 16.1. The molecule has 0 spiro atoms. The van der Waals surface area contributed by atoms with Gasteiger partial charge in [0.05, 0.1) is 25.8 Å². The van der Waals surface area contributed by atoms with Crippen LogP contribution in [-0.2, 0) is 9.47 Å². The van der Waals surface area contributed by atoms with Crippen LogP contribution >= 0.6 is 24.0 Å². The molecule has 1 atom stereocenters.